The van der Waals surface area contributed by atoms with Crippen molar-refractivity contribution in [3.63, 3.8) is 0 Å². The molecule has 0 aliphatic carbocycles. The number of hydrogen-bond donors (Lipinski definition) is 2. The fourth-order valence-corrected chi connectivity index (χ4v) is 2.92. The fraction of sp³-hybridized carbons (Fsp3) is 0.0909. The van der Waals surface area contributed by atoms with Gasteiger partial charge in [-0.2, -0.15) is 5.10 Å². The van der Waals surface area contributed by atoms with E-state index in [-0.39, 0.29) is 12.4 Å². The molecule has 0 aliphatic rings. The average Bonchev–Trinajstić information content (AvgIpc) is 3.32. The molecule has 0 unspecified atom stereocenters. The molecule has 2 aromatic heterocycles. The van der Waals surface area contributed by atoms with Gasteiger partial charge in [0.1, 0.15) is 18.1 Å². The number of benzene rings is 2. The molecule has 2 aromatic carbocycles. The van der Waals surface area contributed by atoms with Crippen LogP contribution in [0.4, 0.5) is 0 Å². The smallest absolute Gasteiger partial charge is 0.307 e. The lowest BCUT2D eigenvalue weighted by molar-refractivity contribution is 0.0923. The first-order chi connectivity index (χ1) is 13.7. The topological polar surface area (TPSA) is 79.6 Å². The maximum absolute atomic E-state index is 12.2. The van der Waals surface area contributed by atoms with Crippen molar-refractivity contribution in [2.45, 2.75) is 13.5 Å². The maximum atomic E-state index is 12.2. The Morgan fingerprint density at radius 3 is 2.75 bits per heavy atom. The highest BCUT2D eigenvalue weighted by molar-refractivity contribution is 6.01. The van der Waals surface area contributed by atoms with Gasteiger partial charge in [0, 0.05) is 22.2 Å². The van der Waals surface area contributed by atoms with Gasteiger partial charge in [-0.15, -0.1) is 0 Å². The number of aromatic nitrogens is 1. The number of nitrogens with zero attached hydrogens (tertiary/aromatic N) is 1. The Balaban J connectivity index is 1.38. The van der Waals surface area contributed by atoms with Crippen LogP contribution in [-0.2, 0) is 6.61 Å². The molecule has 2 heterocycles. The van der Waals surface area contributed by atoms with Crippen LogP contribution in [0.5, 0.6) is 5.75 Å². The second-order valence-electron chi connectivity index (χ2n) is 6.28. The monoisotopic (exact) mass is 373 g/mol. The molecule has 28 heavy (non-hydrogen) atoms. The van der Waals surface area contributed by atoms with E-state index < -0.39 is 5.91 Å². The fourth-order valence-electron chi connectivity index (χ4n) is 2.92. The molecule has 140 valence electrons. The summed E-state index contributed by atoms with van der Waals surface area (Å²) >= 11 is 0. The van der Waals surface area contributed by atoms with Crippen molar-refractivity contribution >= 4 is 23.0 Å². The Hall–Kier alpha value is -3.80. The number of hydrazone groups is 1. The van der Waals surface area contributed by atoms with Crippen LogP contribution in [0, 0.1) is 6.92 Å². The van der Waals surface area contributed by atoms with Crippen molar-refractivity contribution in [1.29, 1.82) is 0 Å². The lowest BCUT2D eigenvalue weighted by Gasteiger charge is -2.03. The number of aryl methyl sites for hydroxylation is 1. The van der Waals surface area contributed by atoms with Crippen molar-refractivity contribution in [1.82, 2.24) is 10.4 Å². The van der Waals surface area contributed by atoms with Gasteiger partial charge in [0.05, 0.1) is 6.21 Å². The van der Waals surface area contributed by atoms with E-state index in [1.54, 1.807) is 18.3 Å². The number of fused-ring (bicyclic) bond motifs is 1. The molecule has 4 rings (SSSR count). The first-order valence-electron chi connectivity index (χ1n) is 8.88. The van der Waals surface area contributed by atoms with Crippen LogP contribution >= 0.6 is 0 Å². The molecular weight excluding hydrogens is 354 g/mol. The molecule has 2 N–H and O–H groups in total. The Morgan fingerprint density at radius 1 is 1.11 bits per heavy atom. The van der Waals surface area contributed by atoms with Crippen LogP contribution in [0.2, 0.25) is 0 Å². The number of para-hydroxylation sites is 2. The van der Waals surface area contributed by atoms with Crippen LogP contribution in [0.1, 0.15) is 27.6 Å². The summed E-state index contributed by atoms with van der Waals surface area (Å²) < 4.78 is 11.1. The quantitative estimate of drug-likeness (QED) is 0.388. The largest absolute Gasteiger partial charge is 0.486 e. The Morgan fingerprint density at radius 2 is 1.89 bits per heavy atom. The van der Waals surface area contributed by atoms with Gasteiger partial charge in [0.25, 0.3) is 0 Å². The number of aromatic amines is 1. The standard InChI is InChI=1S/C22H19N3O3/c1-15-19(18-9-5-6-10-20(18)24-15)13-23-25-22(26)21-12-11-17(28-21)14-27-16-7-3-2-4-8-16/h2-13,24H,14H2,1H3,(H,25,26)/b23-13+. The molecule has 0 radical (unpaired) electrons. The highest BCUT2D eigenvalue weighted by atomic mass is 16.5. The average molecular weight is 373 g/mol. The summed E-state index contributed by atoms with van der Waals surface area (Å²) in [6.45, 7) is 2.21. The lowest BCUT2D eigenvalue weighted by Crippen LogP contribution is -2.16. The lowest BCUT2D eigenvalue weighted by atomic mass is 10.1. The zero-order valence-corrected chi connectivity index (χ0v) is 15.3. The second kappa shape index (κ2) is 7.84. The summed E-state index contributed by atoms with van der Waals surface area (Å²) in [5.41, 5.74) is 5.45. The predicted molar refractivity (Wildman–Crippen MR) is 108 cm³/mol. The number of H-pyrrole nitrogens is 1. The number of hydrogen-bond acceptors (Lipinski definition) is 4. The molecular formula is C22H19N3O3. The Bertz CT molecular complexity index is 1130. The molecule has 0 aliphatic heterocycles. The molecule has 0 saturated heterocycles. The number of amides is 1. The van der Waals surface area contributed by atoms with Crippen molar-refractivity contribution in [2.24, 2.45) is 5.10 Å². The summed E-state index contributed by atoms with van der Waals surface area (Å²) in [7, 11) is 0. The van der Waals surface area contributed by atoms with Crippen LogP contribution in [-0.4, -0.2) is 17.1 Å². The van der Waals surface area contributed by atoms with E-state index in [0.717, 1.165) is 27.9 Å². The summed E-state index contributed by atoms with van der Waals surface area (Å²) in [6.07, 6.45) is 1.63. The number of ether oxygens (including phenoxy) is 1. The third-order valence-electron chi connectivity index (χ3n) is 4.31. The molecule has 1 amide bonds. The van der Waals surface area contributed by atoms with E-state index in [1.807, 2.05) is 61.5 Å². The van der Waals surface area contributed by atoms with Gasteiger partial charge in [0.15, 0.2) is 5.76 Å². The predicted octanol–water partition coefficient (Wildman–Crippen LogP) is 4.41. The zero-order chi connectivity index (χ0) is 19.3. The highest BCUT2D eigenvalue weighted by Gasteiger charge is 2.11. The van der Waals surface area contributed by atoms with Crippen molar-refractivity contribution < 1.29 is 13.9 Å². The summed E-state index contributed by atoms with van der Waals surface area (Å²) in [5, 5.41) is 5.12. The SMILES string of the molecule is Cc1[nH]c2ccccc2c1/C=N/NC(=O)c1ccc(COc2ccccc2)o1. The molecule has 6 nitrogen and oxygen atoms in total. The normalized spacial score (nSPS) is 11.2. The molecule has 6 heteroatoms. The van der Waals surface area contributed by atoms with Crippen LogP contribution in [0.15, 0.2) is 76.2 Å². The minimum Gasteiger partial charge on any atom is -0.486 e. The van der Waals surface area contributed by atoms with Crippen molar-refractivity contribution in [3.05, 3.63) is 89.5 Å². The van der Waals surface area contributed by atoms with Crippen LogP contribution in [0.25, 0.3) is 10.9 Å². The molecule has 0 spiro atoms. The van der Waals surface area contributed by atoms with E-state index in [2.05, 4.69) is 15.5 Å². The number of rotatable bonds is 6. The molecule has 0 atom stereocenters. The number of carbonyl (C=O) groups is 1. The summed E-state index contributed by atoms with van der Waals surface area (Å²) in [6, 6.07) is 20.7. The minimum absolute atomic E-state index is 0.180. The van der Waals surface area contributed by atoms with Gasteiger partial charge in [0.2, 0.25) is 0 Å². The van der Waals surface area contributed by atoms with Gasteiger partial charge >= 0.3 is 5.91 Å². The summed E-state index contributed by atoms with van der Waals surface area (Å²) in [4.78, 5) is 15.5. The first-order valence-corrected chi connectivity index (χ1v) is 8.88. The van der Waals surface area contributed by atoms with Crippen LogP contribution < -0.4 is 10.2 Å². The second-order valence-corrected chi connectivity index (χ2v) is 6.28. The van der Waals surface area contributed by atoms with Gasteiger partial charge in [-0.25, -0.2) is 5.43 Å². The van der Waals surface area contributed by atoms with Crippen LogP contribution in [0.3, 0.4) is 0 Å². The van der Waals surface area contributed by atoms with Crippen molar-refractivity contribution in [3.8, 4) is 5.75 Å². The van der Waals surface area contributed by atoms with E-state index in [1.165, 1.54) is 0 Å². The first kappa shape index (κ1) is 17.6. The molecule has 0 bridgehead atoms. The van der Waals surface area contributed by atoms with Gasteiger partial charge in [-0.3, -0.25) is 4.79 Å². The molecule has 0 fully saturated rings. The van der Waals surface area contributed by atoms with E-state index >= 15 is 0 Å². The summed E-state index contributed by atoms with van der Waals surface area (Å²) in [5.74, 6) is 1.06. The van der Waals surface area contributed by atoms with Crippen molar-refractivity contribution in [2.75, 3.05) is 0 Å². The van der Waals surface area contributed by atoms with Gasteiger partial charge in [-0.05, 0) is 37.3 Å². The third-order valence-corrected chi connectivity index (χ3v) is 4.31. The third kappa shape index (κ3) is 3.81. The van der Waals surface area contributed by atoms with E-state index in [4.69, 9.17) is 9.15 Å². The number of nitrogens with one attached hydrogen (secondary N) is 2. The molecule has 4 aromatic rings. The number of furan rings is 1. The zero-order valence-electron chi connectivity index (χ0n) is 15.3. The van der Waals surface area contributed by atoms with E-state index in [0.29, 0.717) is 5.76 Å². The minimum atomic E-state index is -0.417. The Kier molecular flexibility index (Phi) is 4.93. The molecule has 0 saturated carbocycles. The van der Waals surface area contributed by atoms with Gasteiger partial charge in [-0.1, -0.05) is 36.4 Å². The van der Waals surface area contributed by atoms with Gasteiger partial charge < -0.3 is 14.1 Å². The Labute approximate surface area is 161 Å². The maximum Gasteiger partial charge on any atom is 0.307 e. The highest BCUT2D eigenvalue weighted by Crippen LogP contribution is 2.20. The van der Waals surface area contributed by atoms with E-state index in [9.17, 15) is 4.79 Å². The number of carbonyl (C=O) groups excluding carboxylic acids is 1.